The summed E-state index contributed by atoms with van der Waals surface area (Å²) in [7, 11) is 1.59. The van der Waals surface area contributed by atoms with Gasteiger partial charge in [-0.05, 0) is 42.5 Å². The molecule has 0 aromatic heterocycles. The van der Waals surface area contributed by atoms with Gasteiger partial charge in [0.05, 0.1) is 18.9 Å². The van der Waals surface area contributed by atoms with E-state index >= 15 is 0 Å². The van der Waals surface area contributed by atoms with Crippen molar-refractivity contribution in [2.45, 2.75) is 25.7 Å². The maximum atomic E-state index is 12.6. The number of rotatable bonds is 4. The number of amides is 1. The lowest BCUT2D eigenvalue weighted by atomic mass is 9.81. The number of carbonyl (C=O) groups is 2. The molecular formula is C17H20BrNO4. The Balaban J connectivity index is 1.74. The summed E-state index contributed by atoms with van der Waals surface area (Å²) in [6.45, 7) is 0.903. The van der Waals surface area contributed by atoms with Crippen molar-refractivity contribution in [3.05, 3.63) is 28.2 Å². The van der Waals surface area contributed by atoms with Crippen molar-refractivity contribution in [3.63, 3.8) is 0 Å². The normalized spacial score (nSPS) is 26.2. The molecule has 0 unspecified atom stereocenters. The highest BCUT2D eigenvalue weighted by molar-refractivity contribution is 9.10. The van der Waals surface area contributed by atoms with E-state index in [0.29, 0.717) is 25.3 Å². The van der Waals surface area contributed by atoms with E-state index in [1.807, 2.05) is 18.2 Å². The number of ether oxygens (including phenoxy) is 1. The lowest BCUT2D eigenvalue weighted by molar-refractivity contribution is -0.149. The van der Waals surface area contributed by atoms with Crippen molar-refractivity contribution in [1.82, 2.24) is 4.90 Å². The molecule has 3 rings (SSSR count). The van der Waals surface area contributed by atoms with Gasteiger partial charge in [-0.25, -0.2) is 0 Å². The average molecular weight is 382 g/mol. The molecule has 2 aliphatic rings. The predicted molar refractivity (Wildman–Crippen MR) is 88.4 cm³/mol. The molecule has 5 nitrogen and oxygen atoms in total. The number of carboxylic acids is 1. The van der Waals surface area contributed by atoms with Gasteiger partial charge in [0.1, 0.15) is 5.75 Å². The van der Waals surface area contributed by atoms with Crippen LogP contribution in [0.5, 0.6) is 5.75 Å². The number of aliphatic carboxylic acids is 1. The molecule has 2 fully saturated rings. The van der Waals surface area contributed by atoms with Gasteiger partial charge >= 0.3 is 5.97 Å². The van der Waals surface area contributed by atoms with Crippen LogP contribution < -0.4 is 4.74 Å². The summed E-state index contributed by atoms with van der Waals surface area (Å²) in [5.74, 6) is 0.0286. The zero-order valence-electron chi connectivity index (χ0n) is 13.0. The third-order valence-electron chi connectivity index (χ3n) is 5.24. The van der Waals surface area contributed by atoms with Crippen molar-refractivity contribution in [3.8, 4) is 5.75 Å². The summed E-state index contributed by atoms with van der Waals surface area (Å²) in [5, 5.41) is 9.61. The summed E-state index contributed by atoms with van der Waals surface area (Å²) in [6.07, 6.45) is 2.78. The second-order valence-electron chi connectivity index (χ2n) is 6.46. The molecule has 1 aliphatic heterocycles. The third kappa shape index (κ3) is 2.84. The van der Waals surface area contributed by atoms with E-state index in [-0.39, 0.29) is 18.2 Å². The molecule has 1 aromatic carbocycles. The van der Waals surface area contributed by atoms with Crippen molar-refractivity contribution in [1.29, 1.82) is 0 Å². The fourth-order valence-electron chi connectivity index (χ4n) is 3.92. The molecule has 2 atom stereocenters. The van der Waals surface area contributed by atoms with Crippen molar-refractivity contribution >= 4 is 27.8 Å². The topological polar surface area (TPSA) is 66.8 Å². The number of methoxy groups -OCH3 is 1. The number of hydrogen-bond acceptors (Lipinski definition) is 3. The van der Waals surface area contributed by atoms with Crippen LogP contribution in [0.2, 0.25) is 0 Å². The van der Waals surface area contributed by atoms with E-state index in [9.17, 15) is 14.7 Å². The first kappa shape index (κ1) is 16.3. The summed E-state index contributed by atoms with van der Waals surface area (Å²) < 4.78 is 6.06. The van der Waals surface area contributed by atoms with Crippen molar-refractivity contribution in [2.75, 3.05) is 20.2 Å². The van der Waals surface area contributed by atoms with E-state index in [4.69, 9.17) is 4.74 Å². The van der Waals surface area contributed by atoms with Crippen LogP contribution in [0.25, 0.3) is 0 Å². The molecule has 1 amide bonds. The van der Waals surface area contributed by atoms with Gasteiger partial charge in [0.25, 0.3) is 0 Å². The monoisotopic (exact) mass is 381 g/mol. The number of carbonyl (C=O) groups excluding carboxylic acids is 1. The molecule has 0 bridgehead atoms. The van der Waals surface area contributed by atoms with Gasteiger partial charge in [-0.1, -0.05) is 22.4 Å². The Bertz CT molecular complexity index is 647. The molecule has 23 heavy (non-hydrogen) atoms. The zero-order valence-corrected chi connectivity index (χ0v) is 14.6. The minimum Gasteiger partial charge on any atom is -0.497 e. The first-order valence-corrected chi connectivity index (χ1v) is 8.59. The highest BCUT2D eigenvalue weighted by atomic mass is 79.9. The Kier molecular flexibility index (Phi) is 4.36. The maximum absolute atomic E-state index is 12.6. The number of carboxylic acid groups (broad SMARTS) is 1. The number of fused-ring (bicyclic) bond motifs is 1. The zero-order chi connectivity index (χ0) is 16.6. The second kappa shape index (κ2) is 6.15. The first-order chi connectivity index (χ1) is 11.0. The lowest BCUT2D eigenvalue weighted by Crippen LogP contribution is -2.37. The van der Waals surface area contributed by atoms with Gasteiger partial charge in [-0.2, -0.15) is 0 Å². The van der Waals surface area contributed by atoms with Gasteiger partial charge in [-0.3, -0.25) is 9.59 Å². The largest absolute Gasteiger partial charge is 0.497 e. The molecule has 1 N–H and O–H groups in total. The van der Waals surface area contributed by atoms with Crippen LogP contribution >= 0.6 is 15.9 Å². The van der Waals surface area contributed by atoms with Gasteiger partial charge in [0.2, 0.25) is 5.91 Å². The Morgan fingerprint density at radius 1 is 1.48 bits per heavy atom. The Morgan fingerprint density at radius 2 is 2.26 bits per heavy atom. The van der Waals surface area contributed by atoms with E-state index in [2.05, 4.69) is 15.9 Å². The average Bonchev–Trinajstić information content (AvgIpc) is 3.07. The number of benzene rings is 1. The lowest BCUT2D eigenvalue weighted by Gasteiger charge is -2.23. The highest BCUT2D eigenvalue weighted by Gasteiger charge is 2.55. The predicted octanol–water partition coefficient (Wildman–Crippen LogP) is 2.71. The summed E-state index contributed by atoms with van der Waals surface area (Å²) in [5.41, 5.74) is 0.136. The summed E-state index contributed by atoms with van der Waals surface area (Å²) >= 11 is 3.46. The van der Waals surface area contributed by atoms with E-state index in [1.54, 1.807) is 12.0 Å². The van der Waals surface area contributed by atoms with Gasteiger partial charge in [0.15, 0.2) is 0 Å². The van der Waals surface area contributed by atoms with Crippen LogP contribution in [0.1, 0.15) is 24.8 Å². The molecule has 1 heterocycles. The molecular weight excluding hydrogens is 362 g/mol. The Morgan fingerprint density at radius 3 is 2.91 bits per heavy atom. The molecule has 0 radical (unpaired) electrons. The van der Waals surface area contributed by atoms with Crippen LogP contribution in [0.3, 0.4) is 0 Å². The third-order valence-corrected chi connectivity index (χ3v) is 6.02. The highest BCUT2D eigenvalue weighted by Crippen LogP contribution is 2.49. The Hall–Kier alpha value is -1.56. The maximum Gasteiger partial charge on any atom is 0.311 e. The minimum absolute atomic E-state index is 0.0195. The van der Waals surface area contributed by atoms with E-state index in [1.165, 1.54) is 0 Å². The SMILES string of the molecule is COc1ccc(Br)c(CC(=O)N2C[C@@H]3CCC[C@@]3(C(=O)O)C2)c1. The minimum atomic E-state index is -0.752. The molecule has 0 spiro atoms. The Labute approximate surface area is 143 Å². The van der Waals surface area contributed by atoms with Gasteiger partial charge < -0.3 is 14.7 Å². The van der Waals surface area contributed by atoms with Gasteiger partial charge in [-0.15, -0.1) is 0 Å². The fraction of sp³-hybridized carbons (Fsp3) is 0.529. The molecule has 1 saturated heterocycles. The number of halogens is 1. The second-order valence-corrected chi connectivity index (χ2v) is 7.31. The molecule has 6 heteroatoms. The van der Waals surface area contributed by atoms with E-state index in [0.717, 1.165) is 22.9 Å². The summed E-state index contributed by atoms with van der Waals surface area (Å²) in [6, 6.07) is 5.53. The molecule has 1 aromatic rings. The van der Waals surface area contributed by atoms with Crippen LogP contribution in [-0.2, 0) is 16.0 Å². The first-order valence-electron chi connectivity index (χ1n) is 7.80. The van der Waals surface area contributed by atoms with Crippen molar-refractivity contribution in [2.24, 2.45) is 11.3 Å². The van der Waals surface area contributed by atoms with Crippen molar-refractivity contribution < 1.29 is 19.4 Å². The molecule has 124 valence electrons. The standard InChI is InChI=1S/C17H20BrNO4/c1-23-13-4-5-14(18)11(7-13)8-15(20)19-9-12-3-2-6-17(12,10-19)16(21)22/h4-5,7,12H,2-3,6,8-10H2,1H3,(H,21,22)/t12-,17+/m0/s1. The molecule has 1 saturated carbocycles. The quantitative estimate of drug-likeness (QED) is 0.870. The van der Waals surface area contributed by atoms with Gasteiger partial charge in [0, 0.05) is 17.6 Å². The fourth-order valence-corrected chi connectivity index (χ4v) is 4.30. The number of hydrogen-bond donors (Lipinski definition) is 1. The number of nitrogens with zero attached hydrogens (tertiary/aromatic N) is 1. The smallest absolute Gasteiger partial charge is 0.311 e. The van der Waals surface area contributed by atoms with Crippen LogP contribution in [0, 0.1) is 11.3 Å². The molecule has 1 aliphatic carbocycles. The van der Waals surface area contributed by atoms with Crippen LogP contribution in [0.4, 0.5) is 0 Å². The summed E-state index contributed by atoms with van der Waals surface area (Å²) in [4.78, 5) is 26.1. The number of likely N-dealkylation sites (tertiary alicyclic amines) is 1. The van der Waals surface area contributed by atoms with Crippen LogP contribution in [-0.4, -0.2) is 42.1 Å². The van der Waals surface area contributed by atoms with E-state index < -0.39 is 11.4 Å². The van der Waals surface area contributed by atoms with Crippen LogP contribution in [0.15, 0.2) is 22.7 Å².